The average Bonchev–Trinajstić information content (AvgIpc) is 2.90. The second kappa shape index (κ2) is 6.84. The normalized spacial score (nSPS) is 31.3. The van der Waals surface area contributed by atoms with E-state index in [-0.39, 0.29) is 24.2 Å². The number of furan rings is 1. The topological polar surface area (TPSA) is 59.5 Å². The predicted molar refractivity (Wildman–Crippen MR) is 84.0 cm³/mol. The standard InChI is InChI=1S/C16H24N2O2.ClH/c1-18(10-14-6-3-7-20-14)16(19)13-8-11-4-2-5-12(9-13)15(11)17;/h3,6-7,11-13,15H,2,4-5,8-10,17H2,1H3;1H. The third kappa shape index (κ3) is 3.43. The van der Waals surface area contributed by atoms with Gasteiger partial charge in [-0.2, -0.15) is 0 Å². The number of rotatable bonds is 3. The molecule has 1 amide bonds. The molecule has 2 aliphatic carbocycles. The van der Waals surface area contributed by atoms with E-state index in [4.69, 9.17) is 10.2 Å². The maximum Gasteiger partial charge on any atom is 0.225 e. The molecular weight excluding hydrogens is 288 g/mol. The molecule has 1 heterocycles. The Morgan fingerprint density at radius 3 is 2.62 bits per heavy atom. The molecule has 1 aromatic rings. The van der Waals surface area contributed by atoms with Gasteiger partial charge in [-0.05, 0) is 49.7 Å². The number of carbonyl (C=O) groups is 1. The van der Waals surface area contributed by atoms with Gasteiger partial charge in [0.15, 0.2) is 0 Å². The van der Waals surface area contributed by atoms with E-state index in [2.05, 4.69) is 0 Å². The van der Waals surface area contributed by atoms with E-state index >= 15 is 0 Å². The Bertz CT molecular complexity index is 449. The highest BCUT2D eigenvalue weighted by molar-refractivity contribution is 5.85. The number of nitrogens with two attached hydrogens (primary N) is 1. The van der Waals surface area contributed by atoms with E-state index in [9.17, 15) is 4.79 Å². The third-order valence-electron chi connectivity index (χ3n) is 5.11. The molecule has 3 rings (SSSR count). The summed E-state index contributed by atoms with van der Waals surface area (Å²) < 4.78 is 5.32. The number of amides is 1. The Hall–Kier alpha value is -1.00. The van der Waals surface area contributed by atoms with Gasteiger partial charge in [-0.1, -0.05) is 6.42 Å². The molecule has 0 saturated heterocycles. The van der Waals surface area contributed by atoms with Crippen molar-refractivity contribution in [1.29, 1.82) is 0 Å². The number of carbonyl (C=O) groups excluding carboxylic acids is 1. The Morgan fingerprint density at radius 1 is 1.38 bits per heavy atom. The van der Waals surface area contributed by atoms with Crippen LogP contribution in [0.25, 0.3) is 0 Å². The molecule has 1 aromatic heterocycles. The van der Waals surface area contributed by atoms with Crippen molar-refractivity contribution in [2.24, 2.45) is 23.5 Å². The molecule has 2 N–H and O–H groups in total. The molecule has 2 saturated carbocycles. The molecule has 2 bridgehead atoms. The summed E-state index contributed by atoms with van der Waals surface area (Å²) in [4.78, 5) is 14.4. The molecule has 2 atom stereocenters. The fourth-order valence-electron chi connectivity index (χ4n) is 4.02. The van der Waals surface area contributed by atoms with Gasteiger partial charge >= 0.3 is 0 Å². The minimum absolute atomic E-state index is 0. The van der Waals surface area contributed by atoms with Gasteiger partial charge in [0.2, 0.25) is 5.91 Å². The molecule has 5 heteroatoms. The number of fused-ring (bicyclic) bond motifs is 2. The number of hydrogen-bond donors (Lipinski definition) is 1. The predicted octanol–water partition coefficient (Wildman–Crippen LogP) is 2.81. The van der Waals surface area contributed by atoms with E-state index in [1.807, 2.05) is 19.2 Å². The largest absolute Gasteiger partial charge is 0.467 e. The summed E-state index contributed by atoms with van der Waals surface area (Å²) in [7, 11) is 1.87. The zero-order valence-corrected chi connectivity index (χ0v) is 13.3. The van der Waals surface area contributed by atoms with E-state index in [1.54, 1.807) is 11.2 Å². The van der Waals surface area contributed by atoms with Crippen LogP contribution in [0.15, 0.2) is 22.8 Å². The first-order valence-electron chi connectivity index (χ1n) is 7.68. The van der Waals surface area contributed by atoms with Crippen molar-refractivity contribution in [2.45, 2.75) is 44.7 Å². The van der Waals surface area contributed by atoms with E-state index < -0.39 is 0 Å². The summed E-state index contributed by atoms with van der Waals surface area (Å²) >= 11 is 0. The molecule has 2 fully saturated rings. The lowest BCUT2D eigenvalue weighted by Crippen LogP contribution is -2.49. The maximum absolute atomic E-state index is 12.6. The quantitative estimate of drug-likeness (QED) is 0.933. The van der Waals surface area contributed by atoms with Crippen LogP contribution in [0.2, 0.25) is 0 Å². The number of hydrogen-bond acceptors (Lipinski definition) is 3. The monoisotopic (exact) mass is 312 g/mol. The first-order chi connectivity index (χ1) is 9.65. The highest BCUT2D eigenvalue weighted by Gasteiger charge is 2.41. The second-order valence-electron chi connectivity index (χ2n) is 6.47. The Morgan fingerprint density at radius 2 is 2.05 bits per heavy atom. The second-order valence-corrected chi connectivity index (χ2v) is 6.47. The summed E-state index contributed by atoms with van der Waals surface area (Å²) in [5.41, 5.74) is 6.29. The first kappa shape index (κ1) is 16.4. The van der Waals surface area contributed by atoms with Gasteiger partial charge in [-0.15, -0.1) is 12.4 Å². The van der Waals surface area contributed by atoms with Crippen molar-refractivity contribution in [3.05, 3.63) is 24.2 Å². The van der Waals surface area contributed by atoms with E-state index in [0.717, 1.165) is 18.6 Å². The SMILES string of the molecule is CN(Cc1ccco1)C(=O)C1CC2CCCC(C1)C2N.Cl. The Kier molecular flexibility index (Phi) is 5.33. The Balaban J connectivity index is 0.00000161. The Labute approximate surface area is 132 Å². The van der Waals surface area contributed by atoms with Crippen LogP contribution in [-0.2, 0) is 11.3 Å². The lowest BCUT2D eigenvalue weighted by molar-refractivity contribution is -0.138. The number of halogens is 1. The van der Waals surface area contributed by atoms with Crippen molar-refractivity contribution in [3.8, 4) is 0 Å². The van der Waals surface area contributed by atoms with Gasteiger partial charge in [0, 0.05) is 19.0 Å². The van der Waals surface area contributed by atoms with E-state index in [0.29, 0.717) is 24.4 Å². The van der Waals surface area contributed by atoms with Gasteiger partial charge in [0.05, 0.1) is 12.8 Å². The molecule has 4 nitrogen and oxygen atoms in total. The highest BCUT2D eigenvalue weighted by atomic mass is 35.5. The zero-order chi connectivity index (χ0) is 14.1. The zero-order valence-electron chi connectivity index (χ0n) is 12.5. The summed E-state index contributed by atoms with van der Waals surface area (Å²) in [6, 6.07) is 4.09. The smallest absolute Gasteiger partial charge is 0.225 e. The molecule has 2 unspecified atom stereocenters. The molecule has 0 spiro atoms. The van der Waals surface area contributed by atoms with Crippen LogP contribution in [0, 0.1) is 17.8 Å². The van der Waals surface area contributed by atoms with Crippen LogP contribution in [-0.4, -0.2) is 23.9 Å². The van der Waals surface area contributed by atoms with E-state index in [1.165, 1.54) is 19.3 Å². The molecule has 0 aromatic carbocycles. The van der Waals surface area contributed by atoms with Gasteiger partial charge in [-0.3, -0.25) is 4.79 Å². The van der Waals surface area contributed by atoms with Crippen LogP contribution >= 0.6 is 12.4 Å². The van der Waals surface area contributed by atoms with Crippen LogP contribution in [0.5, 0.6) is 0 Å². The summed E-state index contributed by atoms with van der Waals surface area (Å²) in [6.45, 7) is 0.559. The summed E-state index contributed by atoms with van der Waals surface area (Å²) in [5.74, 6) is 2.35. The van der Waals surface area contributed by atoms with Crippen molar-refractivity contribution in [1.82, 2.24) is 4.90 Å². The van der Waals surface area contributed by atoms with Crippen LogP contribution in [0.4, 0.5) is 0 Å². The molecule has 2 aliphatic rings. The molecule has 0 radical (unpaired) electrons. The fraction of sp³-hybridized carbons (Fsp3) is 0.688. The minimum atomic E-state index is 0. The fourth-order valence-corrected chi connectivity index (χ4v) is 4.02. The lowest BCUT2D eigenvalue weighted by atomic mass is 9.65. The van der Waals surface area contributed by atoms with Crippen molar-refractivity contribution in [3.63, 3.8) is 0 Å². The van der Waals surface area contributed by atoms with Gasteiger partial charge in [-0.25, -0.2) is 0 Å². The summed E-state index contributed by atoms with van der Waals surface area (Å²) in [5, 5.41) is 0. The van der Waals surface area contributed by atoms with Gasteiger partial charge < -0.3 is 15.1 Å². The summed E-state index contributed by atoms with van der Waals surface area (Å²) in [6.07, 6.45) is 7.27. The van der Waals surface area contributed by atoms with Crippen molar-refractivity contribution >= 4 is 18.3 Å². The van der Waals surface area contributed by atoms with Gasteiger partial charge in [0.25, 0.3) is 0 Å². The minimum Gasteiger partial charge on any atom is -0.467 e. The molecular formula is C16H25ClN2O2. The lowest BCUT2D eigenvalue weighted by Gasteiger charge is -2.44. The maximum atomic E-state index is 12.6. The molecule has 21 heavy (non-hydrogen) atoms. The van der Waals surface area contributed by atoms with Crippen LogP contribution in [0.1, 0.15) is 37.9 Å². The van der Waals surface area contributed by atoms with Gasteiger partial charge in [0.1, 0.15) is 5.76 Å². The molecule has 0 aliphatic heterocycles. The van der Waals surface area contributed by atoms with Crippen LogP contribution < -0.4 is 5.73 Å². The van der Waals surface area contributed by atoms with Crippen molar-refractivity contribution in [2.75, 3.05) is 7.05 Å². The van der Waals surface area contributed by atoms with Crippen molar-refractivity contribution < 1.29 is 9.21 Å². The third-order valence-corrected chi connectivity index (χ3v) is 5.11. The average molecular weight is 313 g/mol. The number of nitrogens with zero attached hydrogens (tertiary/aromatic N) is 1. The first-order valence-corrected chi connectivity index (χ1v) is 7.68. The molecule has 118 valence electrons. The highest BCUT2D eigenvalue weighted by Crippen LogP contribution is 2.42. The van der Waals surface area contributed by atoms with Crippen LogP contribution in [0.3, 0.4) is 0 Å².